The van der Waals surface area contributed by atoms with Crippen LogP contribution in [0, 0.1) is 10.8 Å². The highest BCUT2D eigenvalue weighted by Gasteiger charge is 2.35. The van der Waals surface area contributed by atoms with Gasteiger partial charge in [0.05, 0.1) is 0 Å². The van der Waals surface area contributed by atoms with Crippen molar-refractivity contribution in [2.24, 2.45) is 30.8 Å². The maximum Gasteiger partial charge on any atom is 0.320 e. The molecule has 28 heavy (non-hydrogen) atoms. The summed E-state index contributed by atoms with van der Waals surface area (Å²) in [5, 5.41) is 19.0. The van der Waals surface area contributed by atoms with E-state index in [2.05, 4.69) is 29.9 Å². The minimum Gasteiger partial charge on any atom is -0.480 e. The number of aromatic nitrogens is 2. The fraction of sp³-hybridized carbons (Fsp3) is 0.222. The van der Waals surface area contributed by atoms with E-state index in [0.717, 1.165) is 0 Å². The average molecular weight is 378 g/mol. The molecule has 10 nitrogen and oxygen atoms in total. The Balaban J connectivity index is 2.08. The molecule has 2 aromatic rings. The van der Waals surface area contributed by atoms with Gasteiger partial charge in [-0.25, -0.2) is 0 Å². The molecule has 0 bridgehead atoms. The van der Waals surface area contributed by atoms with E-state index in [1.807, 2.05) is 0 Å². The second-order valence-corrected chi connectivity index (χ2v) is 6.86. The molecule has 10 heteroatoms. The molecule has 0 fully saturated rings. The first kappa shape index (κ1) is 17.6. The summed E-state index contributed by atoms with van der Waals surface area (Å²) in [5.74, 6) is -2.23. The first-order valence-electron chi connectivity index (χ1n) is 8.23. The van der Waals surface area contributed by atoms with E-state index >= 15 is 0 Å². The highest BCUT2D eigenvalue weighted by Crippen LogP contribution is 2.51. The van der Waals surface area contributed by atoms with Crippen molar-refractivity contribution in [1.29, 1.82) is 0 Å². The molecule has 2 atom stereocenters. The maximum atomic E-state index is 11.6. The predicted octanol–water partition coefficient (Wildman–Crippen LogP) is 2.65. The largest absolute Gasteiger partial charge is 0.480 e. The Hall–Kier alpha value is -3.82. The van der Waals surface area contributed by atoms with Gasteiger partial charge in [-0.05, 0) is 13.8 Å². The fourth-order valence-electron chi connectivity index (χ4n) is 2.70. The van der Waals surface area contributed by atoms with E-state index < -0.39 is 22.8 Å². The SMILES string of the molecule is CC1(C(=O)O)C=Nc2c3c(c4nccnc4c2N=C1)N=CC(C)(C(=O)O)C=N3. The van der Waals surface area contributed by atoms with Crippen LogP contribution in [0.2, 0.25) is 0 Å². The van der Waals surface area contributed by atoms with Crippen LogP contribution in [0.4, 0.5) is 22.7 Å². The van der Waals surface area contributed by atoms with Crippen LogP contribution in [0.5, 0.6) is 0 Å². The Morgan fingerprint density at radius 1 is 0.679 bits per heavy atom. The molecule has 0 saturated carbocycles. The van der Waals surface area contributed by atoms with Gasteiger partial charge in [0.2, 0.25) is 0 Å². The zero-order valence-electron chi connectivity index (χ0n) is 14.9. The van der Waals surface area contributed by atoms with Gasteiger partial charge in [-0.15, -0.1) is 0 Å². The van der Waals surface area contributed by atoms with Gasteiger partial charge >= 0.3 is 11.9 Å². The molecule has 3 heterocycles. The van der Waals surface area contributed by atoms with Crippen LogP contribution in [0.1, 0.15) is 13.8 Å². The third-order valence-electron chi connectivity index (χ3n) is 4.59. The van der Waals surface area contributed by atoms with E-state index in [4.69, 9.17) is 0 Å². The van der Waals surface area contributed by atoms with Gasteiger partial charge in [0.1, 0.15) is 44.6 Å². The highest BCUT2D eigenvalue weighted by molar-refractivity contribution is 6.19. The number of carboxylic acids is 2. The summed E-state index contributed by atoms with van der Waals surface area (Å²) in [7, 11) is 0. The molecule has 0 spiro atoms. The summed E-state index contributed by atoms with van der Waals surface area (Å²) < 4.78 is 0. The first-order valence-corrected chi connectivity index (χ1v) is 8.23. The molecule has 0 amide bonds. The second-order valence-electron chi connectivity index (χ2n) is 6.86. The van der Waals surface area contributed by atoms with Crippen molar-refractivity contribution in [1.82, 2.24) is 9.97 Å². The topological polar surface area (TPSA) is 150 Å². The van der Waals surface area contributed by atoms with Crippen molar-refractivity contribution in [2.75, 3.05) is 0 Å². The minimum absolute atomic E-state index is 0.257. The maximum absolute atomic E-state index is 11.6. The lowest BCUT2D eigenvalue weighted by Crippen LogP contribution is -2.30. The number of hydrogen-bond acceptors (Lipinski definition) is 8. The molecule has 1 aromatic carbocycles. The Morgan fingerprint density at radius 2 is 1.00 bits per heavy atom. The molecule has 2 aliphatic rings. The number of benzene rings is 1. The number of nitrogens with zero attached hydrogens (tertiary/aromatic N) is 6. The molecule has 2 N–H and O–H groups in total. The van der Waals surface area contributed by atoms with Gasteiger partial charge in [0.25, 0.3) is 0 Å². The predicted molar refractivity (Wildman–Crippen MR) is 104 cm³/mol. The zero-order valence-corrected chi connectivity index (χ0v) is 14.9. The molecule has 0 aliphatic carbocycles. The number of aliphatic imine (C=N–C) groups is 4. The summed E-state index contributed by atoms with van der Waals surface area (Å²) in [6.07, 6.45) is 8.01. The molecular formula is C18H14N6O4. The van der Waals surface area contributed by atoms with Crippen LogP contribution >= 0.6 is 0 Å². The van der Waals surface area contributed by atoms with Crippen LogP contribution in [-0.4, -0.2) is 57.0 Å². The Labute approximate surface area is 158 Å². The van der Waals surface area contributed by atoms with E-state index in [1.54, 1.807) is 0 Å². The lowest BCUT2D eigenvalue weighted by Gasteiger charge is -2.11. The number of rotatable bonds is 2. The minimum atomic E-state index is -1.42. The first-order chi connectivity index (χ1) is 13.3. The van der Waals surface area contributed by atoms with Gasteiger partial charge < -0.3 is 10.2 Å². The third-order valence-corrected chi connectivity index (χ3v) is 4.59. The summed E-state index contributed by atoms with van der Waals surface area (Å²) in [6, 6.07) is 0. The van der Waals surface area contributed by atoms with Crippen molar-refractivity contribution in [3.8, 4) is 0 Å². The molecule has 140 valence electrons. The van der Waals surface area contributed by atoms with Crippen LogP contribution in [0.3, 0.4) is 0 Å². The monoisotopic (exact) mass is 378 g/mol. The normalized spacial score (nSPS) is 25.1. The number of fused-ring (bicyclic) bond motifs is 6. The molecule has 2 unspecified atom stereocenters. The molecular weight excluding hydrogens is 364 g/mol. The zero-order chi connectivity index (χ0) is 20.1. The summed E-state index contributed by atoms with van der Waals surface area (Å²) in [6.45, 7) is 2.92. The smallest absolute Gasteiger partial charge is 0.320 e. The Bertz CT molecular complexity index is 1080. The summed E-state index contributed by atoms with van der Waals surface area (Å²) in [5.41, 5.74) is -0.999. The van der Waals surface area contributed by atoms with E-state index in [1.165, 1.54) is 51.1 Å². The van der Waals surface area contributed by atoms with Crippen molar-refractivity contribution in [3.63, 3.8) is 0 Å². The summed E-state index contributed by atoms with van der Waals surface area (Å²) in [4.78, 5) is 49.1. The standard InChI is InChI=1S/C18H14N6O4/c1-17(15(25)26)5-21-11-9-10(20-4-3-19-9)12-14(13(11)23-7-17)24-8-18(2,6-22-12)16(27)28/h3-8H,1-2H3,(H,25,26)(H,27,28). The molecule has 0 saturated heterocycles. The quantitative estimate of drug-likeness (QED) is 0.820. The Kier molecular flexibility index (Phi) is 3.67. The van der Waals surface area contributed by atoms with E-state index in [-0.39, 0.29) is 11.4 Å². The molecule has 1 aromatic heterocycles. The average Bonchev–Trinajstić information content (AvgIpc) is 2.96. The number of carboxylic acid groups (broad SMARTS) is 2. The Morgan fingerprint density at radius 3 is 1.32 bits per heavy atom. The lowest BCUT2D eigenvalue weighted by molar-refractivity contribution is -0.141. The second kappa shape index (κ2) is 5.84. The van der Waals surface area contributed by atoms with E-state index in [9.17, 15) is 19.8 Å². The molecule has 4 rings (SSSR count). The van der Waals surface area contributed by atoms with Crippen LogP contribution < -0.4 is 0 Å². The van der Waals surface area contributed by atoms with Gasteiger partial charge in [0, 0.05) is 37.3 Å². The van der Waals surface area contributed by atoms with Gasteiger partial charge in [0.15, 0.2) is 0 Å². The summed E-state index contributed by atoms with van der Waals surface area (Å²) >= 11 is 0. The van der Waals surface area contributed by atoms with Crippen molar-refractivity contribution < 1.29 is 19.8 Å². The van der Waals surface area contributed by atoms with Gasteiger partial charge in [-0.1, -0.05) is 0 Å². The molecule has 0 radical (unpaired) electrons. The van der Waals surface area contributed by atoms with Crippen LogP contribution in [-0.2, 0) is 9.59 Å². The van der Waals surface area contributed by atoms with Gasteiger partial charge in [-0.3, -0.25) is 39.5 Å². The van der Waals surface area contributed by atoms with Gasteiger partial charge in [-0.2, -0.15) is 0 Å². The number of hydrogen-bond donors (Lipinski definition) is 2. The van der Waals surface area contributed by atoms with Crippen LogP contribution in [0.15, 0.2) is 32.4 Å². The highest BCUT2D eigenvalue weighted by atomic mass is 16.4. The number of carbonyl (C=O) groups is 2. The fourth-order valence-corrected chi connectivity index (χ4v) is 2.70. The van der Waals surface area contributed by atoms with Crippen molar-refractivity contribution >= 4 is 70.6 Å². The number of aliphatic carboxylic acids is 2. The molecule has 2 aliphatic heterocycles. The van der Waals surface area contributed by atoms with Crippen molar-refractivity contribution in [2.45, 2.75) is 13.8 Å². The van der Waals surface area contributed by atoms with E-state index in [0.29, 0.717) is 22.4 Å². The van der Waals surface area contributed by atoms with Crippen molar-refractivity contribution in [3.05, 3.63) is 12.4 Å². The van der Waals surface area contributed by atoms with Crippen LogP contribution in [0.25, 0.3) is 11.0 Å². The third kappa shape index (κ3) is 2.49. The lowest BCUT2D eigenvalue weighted by atomic mass is 9.94.